The van der Waals surface area contributed by atoms with Crippen LogP contribution in [-0.4, -0.2) is 42.4 Å². The lowest BCUT2D eigenvalue weighted by Gasteiger charge is -2.30. The Kier molecular flexibility index (Phi) is 7.95. The van der Waals surface area contributed by atoms with Crippen LogP contribution in [0.25, 0.3) is 0 Å². The van der Waals surface area contributed by atoms with Gasteiger partial charge in [-0.15, -0.1) is 0 Å². The van der Waals surface area contributed by atoms with Gasteiger partial charge < -0.3 is 14.6 Å². The molecule has 0 bridgehead atoms. The van der Waals surface area contributed by atoms with Crippen LogP contribution in [-0.2, 0) is 6.54 Å². The molecule has 0 fully saturated rings. The number of methoxy groups -OCH3 is 1. The summed E-state index contributed by atoms with van der Waals surface area (Å²) in [5.41, 5.74) is 2.53. The number of hydrogen-bond acceptors (Lipinski definition) is 4. The first kappa shape index (κ1) is 20.3. The average molecular weight is 357 g/mol. The lowest BCUT2D eigenvalue weighted by Crippen LogP contribution is -2.40. The van der Waals surface area contributed by atoms with Crippen molar-refractivity contribution in [3.05, 3.63) is 59.7 Å². The number of aliphatic hydroxyl groups excluding tert-OH is 1. The minimum atomic E-state index is -0.545. The molecule has 142 valence electrons. The van der Waals surface area contributed by atoms with Crippen LogP contribution in [0.1, 0.15) is 31.4 Å². The van der Waals surface area contributed by atoms with E-state index in [0.717, 1.165) is 24.5 Å². The highest BCUT2D eigenvalue weighted by atomic mass is 16.5. The molecule has 1 N–H and O–H groups in total. The Morgan fingerprint density at radius 1 is 1.08 bits per heavy atom. The van der Waals surface area contributed by atoms with Crippen LogP contribution in [0.5, 0.6) is 11.5 Å². The quantitative estimate of drug-likeness (QED) is 0.697. The Labute approximate surface area is 157 Å². The zero-order valence-electron chi connectivity index (χ0n) is 16.3. The topological polar surface area (TPSA) is 41.9 Å². The maximum atomic E-state index is 10.5. The van der Waals surface area contributed by atoms with E-state index in [0.29, 0.717) is 12.6 Å². The molecule has 0 saturated carbocycles. The molecule has 0 spiro atoms. The average Bonchev–Trinajstić information content (AvgIpc) is 2.65. The number of rotatable bonds is 10. The van der Waals surface area contributed by atoms with E-state index in [1.807, 2.05) is 24.3 Å². The fourth-order valence-electron chi connectivity index (χ4n) is 2.89. The van der Waals surface area contributed by atoms with Crippen molar-refractivity contribution < 1.29 is 14.6 Å². The molecule has 0 amide bonds. The highest BCUT2D eigenvalue weighted by Gasteiger charge is 2.17. The molecule has 0 heterocycles. The summed E-state index contributed by atoms with van der Waals surface area (Å²) >= 11 is 0. The third kappa shape index (κ3) is 6.36. The molecule has 0 aliphatic carbocycles. The fourth-order valence-corrected chi connectivity index (χ4v) is 2.89. The first-order chi connectivity index (χ1) is 12.5. The Bertz CT molecular complexity index is 657. The van der Waals surface area contributed by atoms with Crippen molar-refractivity contribution in [2.75, 3.05) is 20.3 Å². The van der Waals surface area contributed by atoms with Crippen molar-refractivity contribution in [1.82, 2.24) is 4.90 Å². The van der Waals surface area contributed by atoms with Crippen molar-refractivity contribution >= 4 is 0 Å². The van der Waals surface area contributed by atoms with E-state index in [1.165, 1.54) is 11.1 Å². The molecule has 26 heavy (non-hydrogen) atoms. The summed E-state index contributed by atoms with van der Waals surface area (Å²) in [6, 6.07) is 16.3. The molecular formula is C22H31NO3. The molecule has 2 aromatic rings. The highest BCUT2D eigenvalue weighted by molar-refractivity contribution is 5.31. The molecule has 2 rings (SSSR count). The molecule has 0 aromatic heterocycles. The minimum absolute atomic E-state index is 0.271. The summed E-state index contributed by atoms with van der Waals surface area (Å²) in [6.45, 7) is 8.16. The maximum absolute atomic E-state index is 10.5. The van der Waals surface area contributed by atoms with Gasteiger partial charge in [-0.25, -0.2) is 0 Å². The monoisotopic (exact) mass is 357 g/mol. The predicted octanol–water partition coefficient (Wildman–Crippen LogP) is 4.04. The van der Waals surface area contributed by atoms with E-state index in [4.69, 9.17) is 9.47 Å². The van der Waals surface area contributed by atoms with Gasteiger partial charge in [0.2, 0.25) is 0 Å². The molecule has 2 aromatic carbocycles. The van der Waals surface area contributed by atoms with Crippen LogP contribution in [0.2, 0.25) is 0 Å². The van der Waals surface area contributed by atoms with Crippen LogP contribution < -0.4 is 9.47 Å². The Balaban J connectivity index is 1.91. The number of benzene rings is 2. The van der Waals surface area contributed by atoms with Gasteiger partial charge in [0.15, 0.2) is 0 Å². The molecule has 0 aliphatic heterocycles. The molecule has 2 unspecified atom stereocenters. The van der Waals surface area contributed by atoms with Crippen molar-refractivity contribution in [2.24, 2.45) is 0 Å². The van der Waals surface area contributed by atoms with E-state index in [-0.39, 0.29) is 6.61 Å². The van der Waals surface area contributed by atoms with Crippen LogP contribution in [0.4, 0.5) is 0 Å². The highest BCUT2D eigenvalue weighted by Crippen LogP contribution is 2.18. The Morgan fingerprint density at radius 3 is 2.38 bits per heavy atom. The molecule has 4 heteroatoms. The number of aliphatic hydroxyl groups is 1. The van der Waals surface area contributed by atoms with E-state index in [1.54, 1.807) is 7.11 Å². The minimum Gasteiger partial charge on any atom is -0.497 e. The van der Waals surface area contributed by atoms with Gasteiger partial charge in [0.25, 0.3) is 0 Å². The third-order valence-electron chi connectivity index (χ3n) is 4.63. The molecule has 0 aliphatic rings. The zero-order valence-corrected chi connectivity index (χ0v) is 16.3. The van der Waals surface area contributed by atoms with Gasteiger partial charge in [-0.1, -0.05) is 36.8 Å². The molecular weight excluding hydrogens is 326 g/mol. The Morgan fingerprint density at radius 2 is 1.77 bits per heavy atom. The second-order valence-corrected chi connectivity index (χ2v) is 6.82. The van der Waals surface area contributed by atoms with Gasteiger partial charge in [-0.3, -0.25) is 4.90 Å². The lowest BCUT2D eigenvalue weighted by atomic mass is 10.1. The second kappa shape index (κ2) is 10.2. The predicted molar refractivity (Wildman–Crippen MR) is 106 cm³/mol. The van der Waals surface area contributed by atoms with Gasteiger partial charge in [0.1, 0.15) is 24.2 Å². The number of ether oxygens (including phenoxy) is 2. The van der Waals surface area contributed by atoms with Crippen molar-refractivity contribution in [3.63, 3.8) is 0 Å². The van der Waals surface area contributed by atoms with Crippen molar-refractivity contribution in [1.29, 1.82) is 0 Å². The van der Waals surface area contributed by atoms with Crippen LogP contribution in [0.3, 0.4) is 0 Å². The van der Waals surface area contributed by atoms with Gasteiger partial charge in [-0.2, -0.15) is 0 Å². The number of nitrogens with zero attached hydrogens (tertiary/aromatic N) is 1. The fraction of sp³-hybridized carbons (Fsp3) is 0.455. The summed E-state index contributed by atoms with van der Waals surface area (Å²) in [4.78, 5) is 2.32. The lowest BCUT2D eigenvalue weighted by molar-refractivity contribution is 0.0506. The summed E-state index contributed by atoms with van der Waals surface area (Å²) < 4.78 is 10.9. The summed E-state index contributed by atoms with van der Waals surface area (Å²) in [6.07, 6.45) is 0.494. The van der Waals surface area contributed by atoms with E-state index in [2.05, 4.69) is 49.9 Å². The van der Waals surface area contributed by atoms with Gasteiger partial charge in [0, 0.05) is 19.1 Å². The number of aryl methyl sites for hydroxylation is 1. The van der Waals surface area contributed by atoms with Crippen molar-refractivity contribution in [2.45, 2.75) is 45.9 Å². The molecule has 4 nitrogen and oxygen atoms in total. The first-order valence-corrected chi connectivity index (χ1v) is 9.26. The van der Waals surface area contributed by atoms with E-state index < -0.39 is 6.10 Å². The third-order valence-corrected chi connectivity index (χ3v) is 4.63. The number of hydrogen-bond donors (Lipinski definition) is 1. The van der Waals surface area contributed by atoms with E-state index in [9.17, 15) is 5.11 Å². The van der Waals surface area contributed by atoms with Gasteiger partial charge in [-0.05, 0) is 50.1 Å². The molecule has 2 atom stereocenters. The summed E-state index contributed by atoms with van der Waals surface area (Å²) in [5.74, 6) is 1.53. The Hall–Kier alpha value is -2.04. The van der Waals surface area contributed by atoms with Gasteiger partial charge in [0.05, 0.1) is 7.11 Å². The second-order valence-electron chi connectivity index (χ2n) is 6.82. The van der Waals surface area contributed by atoms with E-state index >= 15 is 0 Å². The smallest absolute Gasteiger partial charge is 0.119 e. The molecule has 0 saturated heterocycles. The SMILES string of the molecule is CCC(C)N(Cc1cccc(C)c1)CC(O)COc1ccc(OC)cc1. The van der Waals surface area contributed by atoms with Crippen LogP contribution in [0, 0.1) is 6.92 Å². The normalized spacial score (nSPS) is 13.5. The largest absolute Gasteiger partial charge is 0.497 e. The van der Waals surface area contributed by atoms with Crippen LogP contribution in [0.15, 0.2) is 48.5 Å². The van der Waals surface area contributed by atoms with Gasteiger partial charge >= 0.3 is 0 Å². The first-order valence-electron chi connectivity index (χ1n) is 9.26. The zero-order chi connectivity index (χ0) is 18.9. The standard InChI is InChI=1S/C22H31NO3/c1-5-18(3)23(14-19-8-6-7-17(2)13-19)15-20(24)16-26-22-11-9-21(25-4)10-12-22/h6-13,18,20,24H,5,14-16H2,1-4H3. The summed E-state index contributed by atoms with van der Waals surface area (Å²) in [7, 11) is 1.64. The maximum Gasteiger partial charge on any atom is 0.119 e. The van der Waals surface area contributed by atoms with Crippen molar-refractivity contribution in [3.8, 4) is 11.5 Å². The van der Waals surface area contributed by atoms with Crippen LogP contribution >= 0.6 is 0 Å². The summed E-state index contributed by atoms with van der Waals surface area (Å²) in [5, 5.41) is 10.5. The molecule has 0 radical (unpaired) electrons.